The summed E-state index contributed by atoms with van der Waals surface area (Å²) in [5.74, 6) is -0.649. The van der Waals surface area contributed by atoms with Crippen LogP contribution in [-0.2, 0) is 6.54 Å². The molecule has 4 aromatic rings. The number of nitrogens with zero attached hydrogens (tertiary/aromatic N) is 2. The SMILES string of the molecule is CC(NC(=O)c1[nH]c(=O)[nH]c(=O)c1N)c1cccc(-c2cnn(Cc3ccc(Cl)cc3)c2)c1. The highest BCUT2D eigenvalue weighted by Crippen LogP contribution is 2.23. The third-order valence-corrected chi connectivity index (χ3v) is 5.42. The fraction of sp³-hybridized carbons (Fsp3) is 0.130. The number of rotatable bonds is 6. The number of nitrogen functional groups attached to an aromatic ring is 1. The van der Waals surface area contributed by atoms with Crippen molar-refractivity contribution >= 4 is 23.2 Å². The van der Waals surface area contributed by atoms with Crippen molar-refractivity contribution in [3.63, 3.8) is 0 Å². The summed E-state index contributed by atoms with van der Waals surface area (Å²) in [6, 6.07) is 14.8. The molecule has 5 N–H and O–H groups in total. The molecule has 0 aliphatic carbocycles. The Hall–Kier alpha value is -4.11. The van der Waals surface area contributed by atoms with Crippen molar-refractivity contribution in [1.82, 2.24) is 25.1 Å². The van der Waals surface area contributed by atoms with Crippen LogP contribution in [0.15, 0.2) is 70.5 Å². The van der Waals surface area contributed by atoms with Crippen LogP contribution < -0.4 is 22.3 Å². The number of hydrogen-bond acceptors (Lipinski definition) is 5. The van der Waals surface area contributed by atoms with Crippen molar-refractivity contribution < 1.29 is 4.79 Å². The fourth-order valence-electron chi connectivity index (χ4n) is 3.39. The number of carbonyl (C=O) groups excluding carboxylic acids is 1. The number of nitrogens with two attached hydrogens (primary N) is 1. The van der Waals surface area contributed by atoms with Gasteiger partial charge >= 0.3 is 5.69 Å². The molecule has 9 nitrogen and oxygen atoms in total. The number of halogens is 1. The van der Waals surface area contributed by atoms with Gasteiger partial charge in [-0.3, -0.25) is 19.3 Å². The summed E-state index contributed by atoms with van der Waals surface area (Å²) in [4.78, 5) is 40.0. The molecule has 168 valence electrons. The molecule has 0 saturated carbocycles. The van der Waals surface area contributed by atoms with E-state index in [4.69, 9.17) is 17.3 Å². The van der Waals surface area contributed by atoms with E-state index in [0.29, 0.717) is 11.6 Å². The molecule has 10 heteroatoms. The Morgan fingerprint density at radius 1 is 1.15 bits per heavy atom. The zero-order valence-electron chi connectivity index (χ0n) is 17.6. The van der Waals surface area contributed by atoms with E-state index in [1.807, 2.05) is 64.4 Å². The van der Waals surface area contributed by atoms with Gasteiger partial charge in [0, 0.05) is 16.8 Å². The van der Waals surface area contributed by atoms with Crippen LogP contribution in [0.1, 0.15) is 34.6 Å². The number of aromatic amines is 2. The van der Waals surface area contributed by atoms with Gasteiger partial charge in [0.1, 0.15) is 11.4 Å². The molecule has 0 bridgehead atoms. The smallest absolute Gasteiger partial charge is 0.326 e. The normalized spacial score (nSPS) is 11.8. The minimum Gasteiger partial charge on any atom is -0.392 e. The third-order valence-electron chi connectivity index (χ3n) is 5.17. The van der Waals surface area contributed by atoms with Crippen LogP contribution in [-0.4, -0.2) is 25.7 Å². The molecule has 2 heterocycles. The quantitative estimate of drug-likeness (QED) is 0.347. The Balaban J connectivity index is 1.50. The highest BCUT2D eigenvalue weighted by atomic mass is 35.5. The van der Waals surface area contributed by atoms with E-state index in [0.717, 1.165) is 22.3 Å². The van der Waals surface area contributed by atoms with Gasteiger partial charge in [-0.2, -0.15) is 5.10 Å². The number of nitrogens with one attached hydrogen (secondary N) is 3. The Bertz CT molecular complexity index is 1420. The molecule has 1 amide bonds. The van der Waals surface area contributed by atoms with Gasteiger partial charge in [-0.25, -0.2) is 4.79 Å². The molecular formula is C23H21ClN6O3. The lowest BCUT2D eigenvalue weighted by molar-refractivity contribution is 0.0935. The third kappa shape index (κ3) is 5.04. The molecule has 0 fully saturated rings. The minimum absolute atomic E-state index is 0.268. The fourth-order valence-corrected chi connectivity index (χ4v) is 3.52. The molecule has 1 atom stereocenters. The van der Waals surface area contributed by atoms with E-state index in [1.54, 1.807) is 13.1 Å². The van der Waals surface area contributed by atoms with E-state index in [2.05, 4.69) is 15.4 Å². The number of hydrogen-bond donors (Lipinski definition) is 4. The van der Waals surface area contributed by atoms with Crippen molar-refractivity contribution in [2.24, 2.45) is 0 Å². The summed E-state index contributed by atoms with van der Waals surface area (Å²) in [6.45, 7) is 2.40. The first-order valence-electron chi connectivity index (χ1n) is 10.1. The summed E-state index contributed by atoms with van der Waals surface area (Å²) in [5.41, 5.74) is 7.18. The Morgan fingerprint density at radius 2 is 1.91 bits per heavy atom. The first kappa shape index (κ1) is 22.1. The van der Waals surface area contributed by atoms with Crippen LogP contribution in [0, 0.1) is 0 Å². The molecule has 4 rings (SSSR count). The molecule has 33 heavy (non-hydrogen) atoms. The number of aromatic nitrogens is 4. The van der Waals surface area contributed by atoms with Gasteiger partial charge in [0.15, 0.2) is 0 Å². The van der Waals surface area contributed by atoms with Crippen molar-refractivity contribution in [1.29, 1.82) is 0 Å². The van der Waals surface area contributed by atoms with E-state index in [1.165, 1.54) is 0 Å². The van der Waals surface area contributed by atoms with Gasteiger partial charge in [-0.15, -0.1) is 0 Å². The number of carbonyl (C=O) groups is 1. The van der Waals surface area contributed by atoms with Crippen molar-refractivity contribution in [3.05, 3.63) is 104 Å². The summed E-state index contributed by atoms with van der Waals surface area (Å²) in [5, 5.41) is 7.87. The molecule has 0 aliphatic rings. The molecule has 0 spiro atoms. The van der Waals surface area contributed by atoms with Crippen molar-refractivity contribution in [2.75, 3.05) is 5.73 Å². The number of H-pyrrole nitrogens is 2. The summed E-state index contributed by atoms with van der Waals surface area (Å²) < 4.78 is 1.84. The second-order valence-corrected chi connectivity index (χ2v) is 8.01. The monoisotopic (exact) mass is 464 g/mol. The number of benzene rings is 2. The summed E-state index contributed by atoms with van der Waals surface area (Å²) >= 11 is 5.94. The molecule has 0 saturated heterocycles. The van der Waals surface area contributed by atoms with Gasteiger partial charge < -0.3 is 16.0 Å². The largest absolute Gasteiger partial charge is 0.392 e. The molecule has 0 radical (unpaired) electrons. The Kier molecular flexibility index (Phi) is 6.14. The lowest BCUT2D eigenvalue weighted by Gasteiger charge is -2.15. The highest BCUT2D eigenvalue weighted by molar-refractivity contribution is 6.30. The molecule has 2 aromatic carbocycles. The maximum atomic E-state index is 12.6. The standard InChI is InChI=1S/C23H21ClN6O3/c1-13(27-22(32)20-19(25)21(31)29-23(33)28-20)15-3-2-4-16(9-15)17-10-26-30(12-17)11-14-5-7-18(24)8-6-14/h2-10,12-13H,11,25H2,1H3,(H,27,32)(H2,28,29,31,33). The average Bonchev–Trinajstić information content (AvgIpc) is 3.26. The van der Waals surface area contributed by atoms with Crippen LogP contribution in [0.5, 0.6) is 0 Å². The molecule has 1 unspecified atom stereocenters. The van der Waals surface area contributed by atoms with E-state index in [-0.39, 0.29) is 11.4 Å². The van der Waals surface area contributed by atoms with Gasteiger partial charge in [-0.05, 0) is 41.8 Å². The van der Waals surface area contributed by atoms with Crippen molar-refractivity contribution in [3.8, 4) is 11.1 Å². The van der Waals surface area contributed by atoms with E-state index < -0.39 is 23.2 Å². The van der Waals surface area contributed by atoms with Crippen LogP contribution >= 0.6 is 11.6 Å². The second kappa shape index (κ2) is 9.17. The predicted molar refractivity (Wildman–Crippen MR) is 126 cm³/mol. The zero-order chi connectivity index (χ0) is 23.5. The van der Waals surface area contributed by atoms with Crippen LogP contribution in [0.3, 0.4) is 0 Å². The van der Waals surface area contributed by atoms with Gasteiger partial charge in [0.2, 0.25) is 0 Å². The predicted octanol–water partition coefficient (Wildman–Crippen LogP) is 2.70. The summed E-state index contributed by atoms with van der Waals surface area (Å²) in [6.07, 6.45) is 3.72. The van der Waals surface area contributed by atoms with E-state index >= 15 is 0 Å². The van der Waals surface area contributed by atoms with Gasteiger partial charge in [0.25, 0.3) is 11.5 Å². The Labute approximate surface area is 193 Å². The zero-order valence-corrected chi connectivity index (χ0v) is 18.4. The maximum Gasteiger partial charge on any atom is 0.326 e. The molecule has 2 aromatic heterocycles. The van der Waals surface area contributed by atoms with Crippen molar-refractivity contribution in [2.45, 2.75) is 19.5 Å². The summed E-state index contributed by atoms with van der Waals surface area (Å²) in [7, 11) is 0. The van der Waals surface area contributed by atoms with Gasteiger partial charge in [0.05, 0.1) is 18.8 Å². The van der Waals surface area contributed by atoms with Crippen LogP contribution in [0.25, 0.3) is 11.1 Å². The first-order chi connectivity index (χ1) is 15.8. The average molecular weight is 465 g/mol. The highest BCUT2D eigenvalue weighted by Gasteiger charge is 2.17. The van der Waals surface area contributed by atoms with Crippen LogP contribution in [0.4, 0.5) is 5.69 Å². The topological polar surface area (TPSA) is 139 Å². The van der Waals surface area contributed by atoms with E-state index in [9.17, 15) is 14.4 Å². The molecular weight excluding hydrogens is 444 g/mol. The van der Waals surface area contributed by atoms with Crippen LogP contribution in [0.2, 0.25) is 5.02 Å². The Morgan fingerprint density at radius 3 is 2.67 bits per heavy atom. The lowest BCUT2D eigenvalue weighted by atomic mass is 10.0. The van der Waals surface area contributed by atoms with Gasteiger partial charge in [-0.1, -0.05) is 41.9 Å². The second-order valence-electron chi connectivity index (χ2n) is 7.57. The number of anilines is 1. The lowest BCUT2D eigenvalue weighted by Crippen LogP contribution is -2.34. The minimum atomic E-state index is -0.811. The molecule has 0 aliphatic heterocycles. The first-order valence-corrected chi connectivity index (χ1v) is 10.5. The number of amides is 1. The maximum absolute atomic E-state index is 12.6.